The second kappa shape index (κ2) is 8.64. The summed E-state index contributed by atoms with van der Waals surface area (Å²) in [7, 11) is 0. The van der Waals surface area contributed by atoms with Gasteiger partial charge in [0, 0.05) is 5.56 Å². The number of hydrazine groups is 1. The zero-order valence-corrected chi connectivity index (χ0v) is 16.0. The fourth-order valence-corrected chi connectivity index (χ4v) is 3.53. The highest BCUT2D eigenvalue weighted by atomic mass is 79.9. The van der Waals surface area contributed by atoms with Crippen molar-refractivity contribution in [3.05, 3.63) is 75.4 Å². The van der Waals surface area contributed by atoms with Crippen LogP contribution < -0.4 is 15.6 Å². The van der Waals surface area contributed by atoms with Crippen molar-refractivity contribution >= 4 is 39.1 Å². The topological polar surface area (TPSA) is 67.4 Å². The van der Waals surface area contributed by atoms with Gasteiger partial charge in [-0.15, -0.1) is 11.3 Å². The molecule has 0 atom stereocenters. The van der Waals surface area contributed by atoms with Crippen molar-refractivity contribution in [2.45, 2.75) is 0 Å². The molecule has 0 radical (unpaired) electrons. The number of halogens is 1. The fraction of sp³-hybridized carbons (Fsp3) is 0.0526. The normalized spacial score (nSPS) is 10.2. The first kappa shape index (κ1) is 18.2. The van der Waals surface area contributed by atoms with Crippen molar-refractivity contribution in [2.24, 2.45) is 0 Å². The average Bonchev–Trinajstić information content (AvgIpc) is 3.12. The zero-order valence-electron chi connectivity index (χ0n) is 13.6. The van der Waals surface area contributed by atoms with E-state index in [1.807, 2.05) is 48.5 Å². The molecule has 3 aromatic rings. The van der Waals surface area contributed by atoms with Gasteiger partial charge in [0.15, 0.2) is 6.61 Å². The lowest BCUT2D eigenvalue weighted by Gasteiger charge is -2.12. The lowest BCUT2D eigenvalue weighted by molar-refractivity contribution is -0.123. The quantitative estimate of drug-likeness (QED) is 0.600. The largest absolute Gasteiger partial charge is 0.483 e. The number of hydrogen-bond donors (Lipinski definition) is 2. The molecule has 26 heavy (non-hydrogen) atoms. The molecule has 0 bridgehead atoms. The summed E-state index contributed by atoms with van der Waals surface area (Å²) >= 11 is 4.57. The Morgan fingerprint density at radius 3 is 2.38 bits per heavy atom. The van der Waals surface area contributed by atoms with Crippen LogP contribution in [0.3, 0.4) is 0 Å². The van der Waals surface area contributed by atoms with Crippen LogP contribution in [0.25, 0.3) is 11.1 Å². The van der Waals surface area contributed by atoms with Gasteiger partial charge in [-0.3, -0.25) is 20.4 Å². The van der Waals surface area contributed by atoms with Crippen LogP contribution in [0, 0.1) is 0 Å². The first-order chi connectivity index (χ1) is 12.6. The number of amides is 2. The van der Waals surface area contributed by atoms with Gasteiger partial charge in [-0.1, -0.05) is 48.5 Å². The minimum atomic E-state index is -0.447. The van der Waals surface area contributed by atoms with E-state index in [1.165, 1.54) is 11.3 Å². The molecule has 7 heteroatoms. The Bertz CT molecular complexity index is 912. The van der Waals surface area contributed by atoms with Gasteiger partial charge in [0.1, 0.15) is 5.75 Å². The molecule has 2 amide bonds. The number of thiophene rings is 1. The van der Waals surface area contributed by atoms with Crippen molar-refractivity contribution in [1.82, 2.24) is 10.9 Å². The van der Waals surface area contributed by atoms with Crippen molar-refractivity contribution < 1.29 is 14.3 Å². The predicted molar refractivity (Wildman–Crippen MR) is 105 cm³/mol. The second-order valence-electron chi connectivity index (χ2n) is 5.26. The smallest absolute Gasteiger partial charge is 0.279 e. The van der Waals surface area contributed by atoms with E-state index in [4.69, 9.17) is 4.74 Å². The van der Waals surface area contributed by atoms with Crippen molar-refractivity contribution in [1.29, 1.82) is 0 Å². The van der Waals surface area contributed by atoms with E-state index in [0.717, 1.165) is 14.9 Å². The van der Waals surface area contributed by atoms with E-state index >= 15 is 0 Å². The Balaban J connectivity index is 1.56. The molecule has 0 saturated heterocycles. The SMILES string of the molecule is O=C(COc1ccccc1-c1ccccc1)NNC(=O)c1ccc(Br)s1. The van der Waals surface area contributed by atoms with Gasteiger partial charge in [0.05, 0.1) is 8.66 Å². The molecule has 5 nitrogen and oxygen atoms in total. The maximum absolute atomic E-state index is 11.9. The summed E-state index contributed by atoms with van der Waals surface area (Å²) < 4.78 is 6.47. The zero-order chi connectivity index (χ0) is 18.4. The number of benzene rings is 2. The number of carbonyl (C=O) groups is 2. The molecule has 1 heterocycles. The van der Waals surface area contributed by atoms with Gasteiger partial charge in [-0.05, 0) is 39.7 Å². The number of hydrogen-bond acceptors (Lipinski definition) is 4. The van der Waals surface area contributed by atoms with Crippen LogP contribution in [0.5, 0.6) is 5.75 Å². The Labute approximate surface area is 163 Å². The van der Waals surface area contributed by atoms with Crippen LogP contribution in [-0.2, 0) is 4.79 Å². The molecule has 0 fully saturated rings. The molecule has 0 aliphatic carbocycles. The molecule has 0 unspecified atom stereocenters. The molecule has 0 aliphatic heterocycles. The Morgan fingerprint density at radius 1 is 0.923 bits per heavy atom. The van der Waals surface area contributed by atoms with Crippen LogP contribution in [0.1, 0.15) is 9.67 Å². The molecule has 0 spiro atoms. The van der Waals surface area contributed by atoms with Crippen molar-refractivity contribution in [3.63, 3.8) is 0 Å². The maximum atomic E-state index is 11.9. The molecule has 1 aromatic heterocycles. The first-order valence-corrected chi connectivity index (χ1v) is 9.36. The van der Waals surface area contributed by atoms with Gasteiger partial charge in [-0.25, -0.2) is 0 Å². The van der Waals surface area contributed by atoms with E-state index < -0.39 is 5.91 Å². The molecule has 2 N–H and O–H groups in total. The summed E-state index contributed by atoms with van der Waals surface area (Å²) in [5, 5.41) is 0. The molecule has 2 aromatic carbocycles. The monoisotopic (exact) mass is 430 g/mol. The van der Waals surface area contributed by atoms with Crippen LogP contribution in [0.15, 0.2) is 70.5 Å². The summed E-state index contributed by atoms with van der Waals surface area (Å²) in [4.78, 5) is 24.3. The van der Waals surface area contributed by atoms with Crippen molar-refractivity contribution in [3.8, 4) is 16.9 Å². The number of nitrogens with one attached hydrogen (secondary N) is 2. The highest BCUT2D eigenvalue weighted by Crippen LogP contribution is 2.29. The van der Waals surface area contributed by atoms with E-state index in [0.29, 0.717) is 10.6 Å². The summed E-state index contributed by atoms with van der Waals surface area (Å²) in [5.74, 6) is -0.224. The summed E-state index contributed by atoms with van der Waals surface area (Å²) in [5.41, 5.74) is 6.61. The molecular weight excluding hydrogens is 416 g/mol. The standard InChI is InChI=1S/C19H15BrN2O3S/c20-17-11-10-16(26-17)19(24)22-21-18(23)12-25-15-9-5-4-8-14(15)13-6-2-1-3-7-13/h1-11H,12H2,(H,21,23)(H,22,24). The summed E-state index contributed by atoms with van der Waals surface area (Å²) in [6.07, 6.45) is 0. The number of para-hydroxylation sites is 1. The Hall–Kier alpha value is -2.64. The van der Waals surface area contributed by atoms with E-state index in [2.05, 4.69) is 26.8 Å². The third-order valence-corrected chi connectivity index (χ3v) is 5.07. The molecule has 132 valence electrons. The van der Waals surface area contributed by atoms with Gasteiger partial charge >= 0.3 is 0 Å². The van der Waals surface area contributed by atoms with Crippen LogP contribution in [-0.4, -0.2) is 18.4 Å². The maximum Gasteiger partial charge on any atom is 0.279 e. The van der Waals surface area contributed by atoms with E-state index in [9.17, 15) is 9.59 Å². The third kappa shape index (κ3) is 4.71. The molecule has 0 aliphatic rings. The van der Waals surface area contributed by atoms with E-state index in [1.54, 1.807) is 18.2 Å². The lowest BCUT2D eigenvalue weighted by atomic mass is 10.1. The van der Waals surface area contributed by atoms with Gasteiger partial charge in [0.25, 0.3) is 11.8 Å². The minimum Gasteiger partial charge on any atom is -0.483 e. The van der Waals surface area contributed by atoms with Gasteiger partial charge in [0.2, 0.25) is 0 Å². The Kier molecular flexibility index (Phi) is 6.04. The number of ether oxygens (including phenoxy) is 1. The minimum absolute atomic E-state index is 0.210. The first-order valence-electron chi connectivity index (χ1n) is 7.75. The average molecular weight is 431 g/mol. The van der Waals surface area contributed by atoms with Crippen LogP contribution in [0.2, 0.25) is 0 Å². The molecule has 0 saturated carbocycles. The molecular formula is C19H15BrN2O3S. The Morgan fingerprint density at radius 2 is 1.65 bits per heavy atom. The highest BCUT2D eigenvalue weighted by molar-refractivity contribution is 9.11. The number of carbonyl (C=O) groups excluding carboxylic acids is 2. The number of rotatable bonds is 5. The van der Waals surface area contributed by atoms with Gasteiger partial charge < -0.3 is 4.74 Å². The second-order valence-corrected chi connectivity index (χ2v) is 7.72. The lowest BCUT2D eigenvalue weighted by Crippen LogP contribution is -2.43. The summed E-state index contributed by atoms with van der Waals surface area (Å²) in [6, 6.07) is 20.7. The predicted octanol–water partition coefficient (Wildman–Crippen LogP) is 4.02. The summed E-state index contributed by atoms with van der Waals surface area (Å²) in [6.45, 7) is -0.210. The van der Waals surface area contributed by atoms with Crippen molar-refractivity contribution in [2.75, 3.05) is 6.61 Å². The van der Waals surface area contributed by atoms with E-state index in [-0.39, 0.29) is 12.5 Å². The van der Waals surface area contributed by atoms with Gasteiger partial charge in [-0.2, -0.15) is 0 Å². The third-order valence-electron chi connectivity index (χ3n) is 3.44. The van der Waals surface area contributed by atoms with Crippen LogP contribution in [0.4, 0.5) is 0 Å². The fourth-order valence-electron chi connectivity index (χ4n) is 2.25. The highest BCUT2D eigenvalue weighted by Gasteiger charge is 2.11. The van der Waals surface area contributed by atoms with Crippen LogP contribution >= 0.6 is 27.3 Å². The molecule has 3 rings (SSSR count).